The van der Waals surface area contributed by atoms with Crippen molar-refractivity contribution in [2.45, 2.75) is 10.6 Å². The van der Waals surface area contributed by atoms with Gasteiger partial charge in [0.15, 0.2) is 0 Å². The zero-order valence-electron chi connectivity index (χ0n) is 10.9. The highest BCUT2D eigenvalue weighted by atomic mass is 32.2. The van der Waals surface area contributed by atoms with Gasteiger partial charge in [0, 0.05) is 23.8 Å². The number of nitrogens with zero attached hydrogens (tertiary/aromatic N) is 1. The molecule has 0 unspecified atom stereocenters. The fourth-order valence-electron chi connectivity index (χ4n) is 1.74. The number of anilines is 1. The molecule has 0 bridgehead atoms. The van der Waals surface area contributed by atoms with Gasteiger partial charge in [0.05, 0.1) is 4.92 Å². The largest absolute Gasteiger partial charge is 0.508 e. The second kappa shape index (κ2) is 6.29. The SMILES string of the molecule is CNc1cc(CSc2ccc(O)cc2)ccc1[N+](=O)[O-]. The normalized spacial score (nSPS) is 10.2. The Bertz CT molecular complexity index is 614. The third-order valence-corrected chi connectivity index (χ3v) is 3.85. The molecule has 20 heavy (non-hydrogen) atoms. The molecule has 0 saturated heterocycles. The maximum absolute atomic E-state index is 10.8. The number of rotatable bonds is 5. The molecule has 0 amide bonds. The molecule has 0 aliphatic carbocycles. The van der Waals surface area contributed by atoms with Gasteiger partial charge in [0.2, 0.25) is 0 Å². The number of benzene rings is 2. The van der Waals surface area contributed by atoms with E-state index in [2.05, 4.69) is 5.32 Å². The van der Waals surface area contributed by atoms with Crippen molar-refractivity contribution >= 4 is 23.1 Å². The fraction of sp³-hybridized carbons (Fsp3) is 0.143. The van der Waals surface area contributed by atoms with E-state index in [-0.39, 0.29) is 11.4 Å². The molecule has 5 nitrogen and oxygen atoms in total. The van der Waals surface area contributed by atoms with Crippen LogP contribution in [0.4, 0.5) is 11.4 Å². The fourth-order valence-corrected chi connectivity index (χ4v) is 2.58. The van der Waals surface area contributed by atoms with Crippen molar-refractivity contribution in [1.82, 2.24) is 0 Å². The summed E-state index contributed by atoms with van der Waals surface area (Å²) < 4.78 is 0. The van der Waals surface area contributed by atoms with Crippen LogP contribution in [0.2, 0.25) is 0 Å². The minimum absolute atomic E-state index is 0.0749. The van der Waals surface area contributed by atoms with Crippen LogP contribution in [0.25, 0.3) is 0 Å². The van der Waals surface area contributed by atoms with E-state index in [0.29, 0.717) is 11.4 Å². The van der Waals surface area contributed by atoms with Gasteiger partial charge in [0.1, 0.15) is 11.4 Å². The van der Waals surface area contributed by atoms with Gasteiger partial charge in [-0.3, -0.25) is 10.1 Å². The highest BCUT2D eigenvalue weighted by molar-refractivity contribution is 7.98. The van der Waals surface area contributed by atoms with E-state index in [1.54, 1.807) is 43.1 Å². The second-order valence-electron chi connectivity index (χ2n) is 4.14. The summed E-state index contributed by atoms with van der Waals surface area (Å²) in [7, 11) is 1.67. The van der Waals surface area contributed by atoms with Crippen LogP contribution in [0.1, 0.15) is 5.56 Å². The molecule has 2 aromatic carbocycles. The van der Waals surface area contributed by atoms with E-state index in [1.165, 1.54) is 6.07 Å². The van der Waals surface area contributed by atoms with E-state index >= 15 is 0 Å². The van der Waals surface area contributed by atoms with Crippen LogP contribution in [-0.4, -0.2) is 17.1 Å². The summed E-state index contributed by atoms with van der Waals surface area (Å²) in [5.41, 5.74) is 1.59. The quantitative estimate of drug-likeness (QED) is 0.499. The molecule has 0 heterocycles. The third kappa shape index (κ3) is 3.42. The summed E-state index contributed by atoms with van der Waals surface area (Å²) in [6, 6.07) is 12.0. The Balaban J connectivity index is 2.10. The Morgan fingerprint density at radius 1 is 1.25 bits per heavy atom. The Kier molecular flexibility index (Phi) is 4.47. The Labute approximate surface area is 120 Å². The average Bonchev–Trinajstić information content (AvgIpc) is 2.46. The highest BCUT2D eigenvalue weighted by Crippen LogP contribution is 2.29. The lowest BCUT2D eigenvalue weighted by molar-refractivity contribution is -0.383. The predicted molar refractivity (Wildman–Crippen MR) is 80.3 cm³/mol. The minimum atomic E-state index is -0.400. The molecule has 0 spiro atoms. The standard InChI is InChI=1S/C14H14N2O3S/c1-15-13-8-10(2-7-14(13)16(18)19)9-20-12-5-3-11(17)4-6-12/h2-8,15,17H,9H2,1H3. The topological polar surface area (TPSA) is 75.4 Å². The van der Waals surface area contributed by atoms with Crippen molar-refractivity contribution < 1.29 is 10.0 Å². The smallest absolute Gasteiger partial charge is 0.292 e. The maximum Gasteiger partial charge on any atom is 0.292 e. The summed E-state index contributed by atoms with van der Waals surface area (Å²) >= 11 is 1.61. The van der Waals surface area contributed by atoms with Crippen molar-refractivity contribution in [3.63, 3.8) is 0 Å². The molecule has 0 fully saturated rings. The van der Waals surface area contributed by atoms with Crippen LogP contribution in [0, 0.1) is 10.1 Å². The van der Waals surface area contributed by atoms with Gasteiger partial charge in [0.25, 0.3) is 5.69 Å². The summed E-state index contributed by atoms with van der Waals surface area (Å²) in [6.45, 7) is 0. The van der Waals surface area contributed by atoms with Gasteiger partial charge in [-0.2, -0.15) is 0 Å². The first-order valence-corrected chi connectivity index (χ1v) is 6.95. The van der Waals surface area contributed by atoms with Crippen molar-refractivity contribution in [2.24, 2.45) is 0 Å². The Morgan fingerprint density at radius 2 is 1.95 bits per heavy atom. The van der Waals surface area contributed by atoms with Gasteiger partial charge < -0.3 is 10.4 Å². The molecular weight excluding hydrogens is 276 g/mol. The zero-order valence-corrected chi connectivity index (χ0v) is 11.7. The summed E-state index contributed by atoms with van der Waals surface area (Å²) in [6.07, 6.45) is 0. The summed E-state index contributed by atoms with van der Waals surface area (Å²) in [4.78, 5) is 11.5. The van der Waals surface area contributed by atoms with Crippen LogP contribution in [0.3, 0.4) is 0 Å². The Morgan fingerprint density at radius 3 is 2.55 bits per heavy atom. The minimum Gasteiger partial charge on any atom is -0.508 e. The van der Waals surface area contributed by atoms with Gasteiger partial charge in [-0.1, -0.05) is 6.07 Å². The first kappa shape index (κ1) is 14.2. The second-order valence-corrected chi connectivity index (χ2v) is 5.19. The van der Waals surface area contributed by atoms with Crippen molar-refractivity contribution in [3.8, 4) is 5.75 Å². The predicted octanol–water partition coefficient (Wildman–Crippen LogP) is 3.63. The lowest BCUT2D eigenvalue weighted by atomic mass is 10.2. The lowest BCUT2D eigenvalue weighted by Crippen LogP contribution is -1.97. The molecule has 104 valence electrons. The summed E-state index contributed by atoms with van der Waals surface area (Å²) in [5, 5.41) is 22.9. The van der Waals surface area contributed by atoms with Crippen LogP contribution in [-0.2, 0) is 5.75 Å². The maximum atomic E-state index is 10.8. The molecule has 0 atom stereocenters. The molecule has 6 heteroatoms. The molecule has 0 aromatic heterocycles. The number of aromatic hydroxyl groups is 1. The molecule has 2 rings (SSSR count). The zero-order chi connectivity index (χ0) is 14.5. The van der Waals surface area contributed by atoms with E-state index in [1.807, 2.05) is 12.1 Å². The monoisotopic (exact) mass is 290 g/mol. The number of hydrogen-bond donors (Lipinski definition) is 2. The van der Waals surface area contributed by atoms with Crippen LogP contribution < -0.4 is 5.32 Å². The average molecular weight is 290 g/mol. The van der Waals surface area contributed by atoms with Gasteiger partial charge in [-0.25, -0.2) is 0 Å². The lowest BCUT2D eigenvalue weighted by Gasteiger charge is -2.06. The first-order valence-electron chi connectivity index (χ1n) is 5.97. The Hall–Kier alpha value is -2.21. The van der Waals surface area contributed by atoms with Crippen molar-refractivity contribution in [1.29, 1.82) is 0 Å². The van der Waals surface area contributed by atoms with Gasteiger partial charge in [-0.05, 0) is 35.9 Å². The van der Waals surface area contributed by atoms with E-state index in [9.17, 15) is 15.2 Å². The molecular formula is C14H14N2O3S. The highest BCUT2D eigenvalue weighted by Gasteiger charge is 2.12. The molecule has 2 N–H and O–H groups in total. The van der Waals surface area contributed by atoms with Crippen LogP contribution in [0.5, 0.6) is 5.75 Å². The third-order valence-electron chi connectivity index (χ3n) is 2.77. The van der Waals surface area contributed by atoms with Crippen LogP contribution >= 0.6 is 11.8 Å². The number of nitro groups is 1. The van der Waals surface area contributed by atoms with Crippen molar-refractivity contribution in [3.05, 3.63) is 58.1 Å². The van der Waals surface area contributed by atoms with Gasteiger partial charge in [-0.15, -0.1) is 11.8 Å². The number of nitrogens with one attached hydrogen (secondary N) is 1. The van der Waals surface area contributed by atoms with E-state index in [4.69, 9.17) is 0 Å². The van der Waals surface area contributed by atoms with E-state index < -0.39 is 4.92 Å². The van der Waals surface area contributed by atoms with E-state index in [0.717, 1.165) is 10.5 Å². The number of phenols is 1. The molecule has 2 aromatic rings. The number of phenolic OH excluding ortho intramolecular Hbond substituents is 1. The number of nitro benzene ring substituents is 1. The molecule has 0 radical (unpaired) electrons. The summed E-state index contributed by atoms with van der Waals surface area (Å²) in [5.74, 6) is 0.944. The molecule has 0 aliphatic rings. The van der Waals surface area contributed by atoms with Crippen molar-refractivity contribution in [2.75, 3.05) is 12.4 Å². The molecule has 0 aliphatic heterocycles. The van der Waals surface area contributed by atoms with Gasteiger partial charge >= 0.3 is 0 Å². The number of hydrogen-bond acceptors (Lipinski definition) is 5. The van der Waals surface area contributed by atoms with Crippen LogP contribution in [0.15, 0.2) is 47.4 Å². The first-order chi connectivity index (χ1) is 9.60. The molecule has 0 saturated carbocycles. The number of thioether (sulfide) groups is 1.